The molecule has 1 aromatic rings. The van der Waals surface area contributed by atoms with Gasteiger partial charge in [-0.3, -0.25) is 4.79 Å². The molecule has 104 valence electrons. The maximum atomic E-state index is 12.7. The van der Waals surface area contributed by atoms with E-state index in [1.54, 1.807) is 19.1 Å². The molecule has 0 spiro atoms. The van der Waals surface area contributed by atoms with Gasteiger partial charge in [-0.2, -0.15) is 0 Å². The van der Waals surface area contributed by atoms with E-state index in [9.17, 15) is 14.0 Å². The molecular formula is C13H16FNO4. The van der Waals surface area contributed by atoms with Crippen molar-refractivity contribution in [2.75, 3.05) is 13.2 Å². The molecule has 0 aromatic heterocycles. The van der Waals surface area contributed by atoms with Gasteiger partial charge in [-0.1, -0.05) is 12.1 Å². The lowest BCUT2D eigenvalue weighted by molar-refractivity contribution is -0.143. The minimum atomic E-state index is -1.12. The highest BCUT2D eigenvalue weighted by atomic mass is 19.1. The molecule has 19 heavy (non-hydrogen) atoms. The van der Waals surface area contributed by atoms with Gasteiger partial charge >= 0.3 is 5.97 Å². The topological polar surface area (TPSA) is 75.6 Å². The number of hydrogen-bond donors (Lipinski definition) is 2. The average molecular weight is 269 g/mol. The molecule has 0 saturated heterocycles. The minimum Gasteiger partial charge on any atom is -0.480 e. The molecule has 0 bridgehead atoms. The molecule has 0 saturated carbocycles. The second kappa shape index (κ2) is 7.48. The number of carboxylic acid groups (broad SMARTS) is 1. The number of carbonyl (C=O) groups excluding carboxylic acids is 1. The Kier molecular flexibility index (Phi) is 5.95. The summed E-state index contributed by atoms with van der Waals surface area (Å²) < 4.78 is 17.4. The first-order valence-corrected chi connectivity index (χ1v) is 5.80. The molecule has 1 unspecified atom stereocenters. The van der Waals surface area contributed by atoms with Crippen LogP contribution < -0.4 is 5.32 Å². The Hall–Kier alpha value is -1.95. The Morgan fingerprint density at radius 2 is 1.95 bits per heavy atom. The van der Waals surface area contributed by atoms with Gasteiger partial charge in [-0.05, 0) is 31.0 Å². The van der Waals surface area contributed by atoms with Crippen molar-refractivity contribution in [1.29, 1.82) is 0 Å². The van der Waals surface area contributed by atoms with E-state index in [1.165, 1.54) is 12.1 Å². The highest BCUT2D eigenvalue weighted by molar-refractivity contribution is 5.78. The van der Waals surface area contributed by atoms with E-state index in [0.717, 1.165) is 5.56 Å². The minimum absolute atomic E-state index is 0.147. The van der Waals surface area contributed by atoms with E-state index >= 15 is 0 Å². The summed E-state index contributed by atoms with van der Waals surface area (Å²) in [5.41, 5.74) is 0.903. The Morgan fingerprint density at radius 1 is 1.32 bits per heavy atom. The summed E-state index contributed by atoms with van der Waals surface area (Å²) in [6, 6.07) is 5.88. The van der Waals surface area contributed by atoms with Crippen LogP contribution in [0.3, 0.4) is 0 Å². The fourth-order valence-corrected chi connectivity index (χ4v) is 1.57. The lowest BCUT2D eigenvalue weighted by Crippen LogP contribution is -2.37. The first-order valence-electron chi connectivity index (χ1n) is 5.80. The van der Waals surface area contributed by atoms with Crippen LogP contribution in [0.2, 0.25) is 0 Å². The molecule has 6 heteroatoms. The first kappa shape index (κ1) is 15.1. The number of carbonyl (C=O) groups is 2. The number of rotatable bonds is 7. The number of halogens is 1. The van der Waals surface area contributed by atoms with Gasteiger partial charge in [0.15, 0.2) is 0 Å². The SMILES string of the molecule is CC(Cc1ccc(F)cc1)NC(=O)COCC(=O)O. The molecule has 1 aromatic carbocycles. The molecule has 0 fully saturated rings. The van der Waals surface area contributed by atoms with Crippen molar-refractivity contribution in [3.63, 3.8) is 0 Å². The van der Waals surface area contributed by atoms with Gasteiger partial charge in [0.05, 0.1) is 0 Å². The van der Waals surface area contributed by atoms with Crippen LogP contribution in [0.25, 0.3) is 0 Å². The van der Waals surface area contributed by atoms with Gasteiger partial charge in [0.25, 0.3) is 0 Å². The zero-order chi connectivity index (χ0) is 14.3. The predicted molar refractivity (Wildman–Crippen MR) is 66.2 cm³/mol. The van der Waals surface area contributed by atoms with Crippen LogP contribution in [0.15, 0.2) is 24.3 Å². The molecule has 1 amide bonds. The second-order valence-electron chi connectivity index (χ2n) is 4.19. The third-order valence-corrected chi connectivity index (χ3v) is 2.32. The molecule has 0 aliphatic heterocycles. The van der Waals surface area contributed by atoms with Crippen molar-refractivity contribution < 1.29 is 23.8 Å². The number of hydrogen-bond acceptors (Lipinski definition) is 3. The zero-order valence-electron chi connectivity index (χ0n) is 10.6. The van der Waals surface area contributed by atoms with Crippen LogP contribution in [0.4, 0.5) is 4.39 Å². The van der Waals surface area contributed by atoms with Gasteiger partial charge in [-0.25, -0.2) is 9.18 Å². The summed E-state index contributed by atoms with van der Waals surface area (Å²) in [7, 11) is 0. The normalized spacial score (nSPS) is 11.9. The highest BCUT2D eigenvalue weighted by Gasteiger charge is 2.09. The highest BCUT2D eigenvalue weighted by Crippen LogP contribution is 2.05. The van der Waals surface area contributed by atoms with Gasteiger partial charge < -0.3 is 15.2 Å². The molecule has 0 radical (unpaired) electrons. The van der Waals surface area contributed by atoms with E-state index < -0.39 is 12.6 Å². The maximum Gasteiger partial charge on any atom is 0.329 e. The van der Waals surface area contributed by atoms with Crippen molar-refractivity contribution in [1.82, 2.24) is 5.32 Å². The number of ether oxygens (including phenoxy) is 1. The van der Waals surface area contributed by atoms with Crippen molar-refractivity contribution >= 4 is 11.9 Å². The lowest BCUT2D eigenvalue weighted by atomic mass is 10.1. The fraction of sp³-hybridized carbons (Fsp3) is 0.385. The van der Waals surface area contributed by atoms with Crippen LogP contribution in [0.1, 0.15) is 12.5 Å². The van der Waals surface area contributed by atoms with Crippen LogP contribution >= 0.6 is 0 Å². The van der Waals surface area contributed by atoms with E-state index in [-0.39, 0.29) is 24.4 Å². The summed E-state index contributed by atoms with van der Waals surface area (Å²) in [6.07, 6.45) is 0.560. The Morgan fingerprint density at radius 3 is 2.53 bits per heavy atom. The van der Waals surface area contributed by atoms with Crippen LogP contribution in [-0.2, 0) is 20.7 Å². The Labute approximate surface area is 110 Å². The van der Waals surface area contributed by atoms with Gasteiger partial charge in [0, 0.05) is 6.04 Å². The predicted octanol–water partition coefficient (Wildman–Crippen LogP) is 0.974. The third kappa shape index (κ3) is 6.52. The first-order chi connectivity index (χ1) is 8.97. The number of nitrogens with one attached hydrogen (secondary N) is 1. The second-order valence-corrected chi connectivity index (χ2v) is 4.19. The lowest BCUT2D eigenvalue weighted by Gasteiger charge is -2.13. The van der Waals surface area contributed by atoms with Gasteiger partial charge in [-0.15, -0.1) is 0 Å². The quantitative estimate of drug-likeness (QED) is 0.773. The number of carboxylic acids is 1. The average Bonchev–Trinajstić information content (AvgIpc) is 2.31. The monoisotopic (exact) mass is 269 g/mol. The maximum absolute atomic E-state index is 12.7. The Balaban J connectivity index is 2.30. The molecule has 5 nitrogen and oxygen atoms in total. The summed E-state index contributed by atoms with van der Waals surface area (Å²) in [5.74, 6) is -1.80. The number of amides is 1. The van der Waals surface area contributed by atoms with Gasteiger partial charge in [0.2, 0.25) is 5.91 Å². The molecule has 0 heterocycles. The van der Waals surface area contributed by atoms with Crippen molar-refractivity contribution in [3.05, 3.63) is 35.6 Å². The molecule has 0 aliphatic rings. The van der Waals surface area contributed by atoms with Crippen molar-refractivity contribution in [2.24, 2.45) is 0 Å². The summed E-state index contributed by atoms with van der Waals surface area (Å²) >= 11 is 0. The molecule has 0 aliphatic carbocycles. The van der Waals surface area contributed by atoms with Crippen molar-refractivity contribution in [3.8, 4) is 0 Å². The van der Waals surface area contributed by atoms with Crippen LogP contribution in [0.5, 0.6) is 0 Å². The Bertz CT molecular complexity index is 433. The van der Waals surface area contributed by atoms with Crippen LogP contribution in [0, 0.1) is 5.82 Å². The number of benzene rings is 1. The van der Waals surface area contributed by atoms with Crippen LogP contribution in [-0.4, -0.2) is 36.2 Å². The third-order valence-electron chi connectivity index (χ3n) is 2.32. The standard InChI is InChI=1S/C13H16FNO4/c1-9(6-10-2-4-11(14)5-3-10)15-12(16)7-19-8-13(17)18/h2-5,9H,6-8H2,1H3,(H,15,16)(H,17,18). The number of aliphatic carboxylic acids is 1. The molecule has 2 N–H and O–H groups in total. The molecular weight excluding hydrogens is 253 g/mol. The zero-order valence-corrected chi connectivity index (χ0v) is 10.6. The smallest absolute Gasteiger partial charge is 0.329 e. The summed E-state index contributed by atoms with van der Waals surface area (Å²) in [6.45, 7) is 1.01. The van der Waals surface area contributed by atoms with E-state index in [0.29, 0.717) is 6.42 Å². The van der Waals surface area contributed by atoms with E-state index in [4.69, 9.17) is 5.11 Å². The van der Waals surface area contributed by atoms with Gasteiger partial charge in [0.1, 0.15) is 19.0 Å². The molecule has 1 rings (SSSR count). The van der Waals surface area contributed by atoms with E-state index in [1.807, 2.05) is 0 Å². The molecule has 1 atom stereocenters. The summed E-state index contributed by atoms with van der Waals surface area (Å²) in [4.78, 5) is 21.6. The largest absolute Gasteiger partial charge is 0.480 e. The fourth-order valence-electron chi connectivity index (χ4n) is 1.57. The van der Waals surface area contributed by atoms with Crippen molar-refractivity contribution in [2.45, 2.75) is 19.4 Å². The summed E-state index contributed by atoms with van der Waals surface area (Å²) in [5, 5.41) is 11.0. The van der Waals surface area contributed by atoms with E-state index in [2.05, 4.69) is 10.1 Å².